The van der Waals surface area contributed by atoms with Crippen molar-refractivity contribution in [3.63, 3.8) is 0 Å². The molecule has 0 radical (unpaired) electrons. The maximum absolute atomic E-state index is 11.3. The summed E-state index contributed by atoms with van der Waals surface area (Å²) in [6, 6.07) is 7.60. The highest BCUT2D eigenvalue weighted by Crippen LogP contribution is 2.25. The molecule has 2 rings (SSSR count). The summed E-state index contributed by atoms with van der Waals surface area (Å²) < 4.78 is 5.46. The van der Waals surface area contributed by atoms with Crippen LogP contribution in [0.1, 0.15) is 25.3 Å². The fourth-order valence-corrected chi connectivity index (χ4v) is 1.61. The zero-order valence-corrected chi connectivity index (χ0v) is 10.9. The molecule has 2 aromatic rings. The van der Waals surface area contributed by atoms with Gasteiger partial charge in [-0.1, -0.05) is 37.6 Å². The number of rotatable bonds is 3. The van der Waals surface area contributed by atoms with E-state index in [1.807, 2.05) is 24.3 Å². The molecular formula is C13H13ClN2O2. The van der Waals surface area contributed by atoms with Crippen LogP contribution in [-0.2, 0) is 0 Å². The van der Waals surface area contributed by atoms with E-state index in [2.05, 4.69) is 23.8 Å². The Morgan fingerprint density at radius 3 is 2.56 bits per heavy atom. The summed E-state index contributed by atoms with van der Waals surface area (Å²) in [5, 5.41) is -0.0505. The molecule has 4 nitrogen and oxygen atoms in total. The van der Waals surface area contributed by atoms with Crippen molar-refractivity contribution in [2.45, 2.75) is 19.8 Å². The number of benzene rings is 1. The fourth-order valence-electron chi connectivity index (χ4n) is 1.47. The number of hydrogen-bond acceptors (Lipinski definition) is 3. The Bertz CT molecular complexity index is 591. The van der Waals surface area contributed by atoms with Crippen molar-refractivity contribution in [2.75, 3.05) is 0 Å². The first kappa shape index (κ1) is 12.6. The molecule has 0 spiro atoms. The molecule has 0 fully saturated rings. The van der Waals surface area contributed by atoms with E-state index in [0.717, 1.165) is 0 Å². The molecule has 94 valence electrons. The van der Waals surface area contributed by atoms with Gasteiger partial charge in [-0.3, -0.25) is 4.79 Å². The average molecular weight is 265 g/mol. The number of hydrogen-bond donors (Lipinski definition) is 1. The molecule has 1 aromatic heterocycles. The molecule has 1 aromatic carbocycles. The normalized spacial score (nSPS) is 10.7. The maximum Gasteiger partial charge on any atom is 0.273 e. The second-order valence-electron chi connectivity index (χ2n) is 4.18. The lowest BCUT2D eigenvalue weighted by Gasteiger charge is -2.08. The van der Waals surface area contributed by atoms with Crippen LogP contribution in [0.2, 0.25) is 5.02 Å². The van der Waals surface area contributed by atoms with Crippen LogP contribution in [0.25, 0.3) is 0 Å². The van der Waals surface area contributed by atoms with E-state index in [4.69, 9.17) is 16.3 Å². The Labute approximate surface area is 110 Å². The predicted octanol–water partition coefficient (Wildman–Crippen LogP) is 3.34. The molecule has 18 heavy (non-hydrogen) atoms. The van der Waals surface area contributed by atoms with Crippen LogP contribution in [-0.4, -0.2) is 9.97 Å². The van der Waals surface area contributed by atoms with Gasteiger partial charge in [-0.15, -0.1) is 0 Å². The highest BCUT2D eigenvalue weighted by atomic mass is 35.5. The minimum Gasteiger partial charge on any atom is -0.437 e. The highest BCUT2D eigenvalue weighted by Gasteiger charge is 2.08. The van der Waals surface area contributed by atoms with Crippen molar-refractivity contribution in [1.82, 2.24) is 9.97 Å². The molecule has 0 aliphatic rings. The molecule has 1 heterocycles. The lowest BCUT2D eigenvalue weighted by Crippen LogP contribution is -2.07. The van der Waals surface area contributed by atoms with Gasteiger partial charge in [0.25, 0.3) is 5.56 Å². The molecule has 0 amide bonds. The SMILES string of the molecule is CC(C)c1ccc(Oc2nc[nH]c(=O)c2Cl)cc1. The van der Waals surface area contributed by atoms with Crippen LogP contribution >= 0.6 is 11.6 Å². The van der Waals surface area contributed by atoms with Gasteiger partial charge in [-0.05, 0) is 23.6 Å². The number of nitrogens with zero attached hydrogens (tertiary/aromatic N) is 1. The van der Waals surface area contributed by atoms with E-state index in [0.29, 0.717) is 11.7 Å². The minimum atomic E-state index is -0.416. The predicted molar refractivity (Wildman–Crippen MR) is 70.5 cm³/mol. The Hall–Kier alpha value is -1.81. The largest absolute Gasteiger partial charge is 0.437 e. The van der Waals surface area contributed by atoms with Crippen molar-refractivity contribution in [1.29, 1.82) is 0 Å². The summed E-state index contributed by atoms with van der Waals surface area (Å²) in [4.78, 5) is 17.5. The van der Waals surface area contributed by atoms with Crippen LogP contribution < -0.4 is 10.3 Å². The molecule has 0 aliphatic carbocycles. The number of H-pyrrole nitrogens is 1. The van der Waals surface area contributed by atoms with Gasteiger partial charge in [-0.2, -0.15) is 0 Å². The van der Waals surface area contributed by atoms with Crippen LogP contribution in [0.3, 0.4) is 0 Å². The third-order valence-corrected chi connectivity index (χ3v) is 2.86. The number of ether oxygens (including phenoxy) is 1. The van der Waals surface area contributed by atoms with E-state index in [1.165, 1.54) is 11.9 Å². The zero-order valence-electron chi connectivity index (χ0n) is 10.1. The molecule has 0 aliphatic heterocycles. The smallest absolute Gasteiger partial charge is 0.273 e. The standard InChI is InChI=1S/C13H13ClN2O2/c1-8(2)9-3-5-10(6-4-9)18-13-11(14)12(17)15-7-16-13/h3-8H,1-2H3,(H,15,16,17). The Balaban J connectivity index is 2.24. The van der Waals surface area contributed by atoms with Crippen molar-refractivity contribution in [2.24, 2.45) is 0 Å². The molecule has 5 heteroatoms. The minimum absolute atomic E-state index is 0.0505. The van der Waals surface area contributed by atoms with Crippen LogP contribution in [0.15, 0.2) is 35.4 Å². The first-order valence-electron chi connectivity index (χ1n) is 5.59. The van der Waals surface area contributed by atoms with Crippen molar-refractivity contribution < 1.29 is 4.74 Å². The number of halogens is 1. The second kappa shape index (κ2) is 5.23. The zero-order chi connectivity index (χ0) is 13.1. The van der Waals surface area contributed by atoms with Crippen molar-refractivity contribution >= 4 is 11.6 Å². The van der Waals surface area contributed by atoms with Gasteiger partial charge in [0.2, 0.25) is 5.88 Å². The monoisotopic (exact) mass is 264 g/mol. The fraction of sp³-hybridized carbons (Fsp3) is 0.231. The van der Waals surface area contributed by atoms with E-state index in [9.17, 15) is 4.79 Å². The van der Waals surface area contributed by atoms with E-state index < -0.39 is 5.56 Å². The highest BCUT2D eigenvalue weighted by molar-refractivity contribution is 6.31. The van der Waals surface area contributed by atoms with Gasteiger partial charge in [-0.25, -0.2) is 4.98 Å². The van der Waals surface area contributed by atoms with Gasteiger partial charge >= 0.3 is 0 Å². The van der Waals surface area contributed by atoms with E-state index in [1.54, 1.807) is 0 Å². The summed E-state index contributed by atoms with van der Waals surface area (Å²) >= 11 is 5.79. The topological polar surface area (TPSA) is 55.0 Å². The lowest BCUT2D eigenvalue weighted by atomic mass is 10.0. The Morgan fingerprint density at radius 2 is 1.94 bits per heavy atom. The molecule has 0 bridgehead atoms. The Morgan fingerprint density at radius 1 is 1.28 bits per heavy atom. The Kier molecular flexibility index (Phi) is 3.67. The summed E-state index contributed by atoms with van der Waals surface area (Å²) in [6.07, 6.45) is 1.26. The van der Waals surface area contributed by atoms with Gasteiger partial charge < -0.3 is 9.72 Å². The average Bonchev–Trinajstić information content (AvgIpc) is 2.36. The second-order valence-corrected chi connectivity index (χ2v) is 4.55. The van der Waals surface area contributed by atoms with E-state index >= 15 is 0 Å². The van der Waals surface area contributed by atoms with E-state index in [-0.39, 0.29) is 10.9 Å². The quantitative estimate of drug-likeness (QED) is 0.925. The molecule has 0 unspecified atom stereocenters. The summed E-state index contributed by atoms with van der Waals surface area (Å²) in [6.45, 7) is 4.23. The van der Waals surface area contributed by atoms with Crippen LogP contribution in [0, 0.1) is 0 Å². The molecule has 0 saturated heterocycles. The van der Waals surface area contributed by atoms with Crippen molar-refractivity contribution in [3.05, 3.63) is 51.5 Å². The third-order valence-electron chi connectivity index (χ3n) is 2.53. The number of aromatic nitrogens is 2. The summed E-state index contributed by atoms with van der Waals surface area (Å²) in [5.74, 6) is 1.16. The molecule has 1 N–H and O–H groups in total. The van der Waals surface area contributed by atoms with Gasteiger partial charge in [0.15, 0.2) is 5.02 Å². The molecular weight excluding hydrogens is 252 g/mol. The van der Waals surface area contributed by atoms with Crippen LogP contribution in [0.4, 0.5) is 0 Å². The van der Waals surface area contributed by atoms with Gasteiger partial charge in [0.1, 0.15) is 5.75 Å². The molecule has 0 saturated carbocycles. The van der Waals surface area contributed by atoms with Gasteiger partial charge in [0, 0.05) is 0 Å². The number of nitrogens with one attached hydrogen (secondary N) is 1. The maximum atomic E-state index is 11.3. The first-order chi connectivity index (χ1) is 8.58. The third kappa shape index (κ3) is 2.71. The van der Waals surface area contributed by atoms with Crippen molar-refractivity contribution in [3.8, 4) is 11.6 Å². The first-order valence-corrected chi connectivity index (χ1v) is 5.96. The molecule has 0 atom stereocenters. The summed E-state index contributed by atoms with van der Waals surface area (Å²) in [5.41, 5.74) is 0.799. The summed E-state index contributed by atoms with van der Waals surface area (Å²) in [7, 11) is 0. The van der Waals surface area contributed by atoms with Crippen LogP contribution in [0.5, 0.6) is 11.6 Å². The lowest BCUT2D eigenvalue weighted by molar-refractivity contribution is 0.460. The van der Waals surface area contributed by atoms with Gasteiger partial charge in [0.05, 0.1) is 6.33 Å². The number of aromatic amines is 1.